The van der Waals surface area contributed by atoms with E-state index >= 15 is 0 Å². The van der Waals surface area contributed by atoms with Crippen molar-refractivity contribution in [3.63, 3.8) is 0 Å². The third kappa shape index (κ3) is 12.6. The summed E-state index contributed by atoms with van der Waals surface area (Å²) >= 11 is 0. The van der Waals surface area contributed by atoms with Gasteiger partial charge in [0.2, 0.25) is 0 Å². The first-order chi connectivity index (χ1) is 20.6. The molecule has 3 rings (SSSR count). The zero-order chi connectivity index (χ0) is 29.8. The summed E-state index contributed by atoms with van der Waals surface area (Å²) < 4.78 is 11.4. The Morgan fingerprint density at radius 2 is 1.10 bits per heavy atom. The Hall–Kier alpha value is -3.47. The molecule has 5 nitrogen and oxygen atoms in total. The van der Waals surface area contributed by atoms with Gasteiger partial charge < -0.3 is 9.47 Å². The molecule has 0 unspecified atom stereocenters. The van der Waals surface area contributed by atoms with Crippen LogP contribution in [0.1, 0.15) is 126 Å². The quantitative estimate of drug-likeness (QED) is 0.0587. The lowest BCUT2D eigenvalue weighted by molar-refractivity contribution is 0.0734. The molecule has 5 heteroatoms. The Kier molecular flexibility index (Phi) is 15.4. The number of esters is 1. The molecule has 3 aromatic rings. The summed E-state index contributed by atoms with van der Waals surface area (Å²) in [5, 5.41) is 8.61. The number of hydrogen-bond acceptors (Lipinski definition) is 5. The predicted molar refractivity (Wildman–Crippen MR) is 174 cm³/mol. The first kappa shape index (κ1) is 33.0. The van der Waals surface area contributed by atoms with Gasteiger partial charge >= 0.3 is 5.97 Å². The molecule has 0 saturated heterocycles. The number of carbonyl (C=O) groups excluding carboxylic acids is 1. The van der Waals surface area contributed by atoms with Crippen LogP contribution in [0.25, 0.3) is 0 Å². The van der Waals surface area contributed by atoms with Crippen LogP contribution in [0, 0.1) is 0 Å². The van der Waals surface area contributed by atoms with Crippen molar-refractivity contribution in [2.24, 2.45) is 10.2 Å². The zero-order valence-electron chi connectivity index (χ0n) is 26.0. The van der Waals surface area contributed by atoms with Crippen molar-refractivity contribution < 1.29 is 14.3 Å². The molecule has 0 aliphatic heterocycles. The summed E-state index contributed by atoms with van der Waals surface area (Å²) in [6, 6.07) is 22.3. The molecule has 0 aliphatic carbocycles. The average Bonchev–Trinajstić information content (AvgIpc) is 3.03. The number of benzene rings is 3. The van der Waals surface area contributed by atoms with Gasteiger partial charge in [0.15, 0.2) is 0 Å². The summed E-state index contributed by atoms with van der Waals surface area (Å²) in [6.45, 7) is 7.38. The van der Waals surface area contributed by atoms with Crippen LogP contribution in [-0.4, -0.2) is 12.6 Å². The average molecular weight is 571 g/mol. The van der Waals surface area contributed by atoms with E-state index in [1.165, 1.54) is 76.2 Å². The van der Waals surface area contributed by atoms with E-state index in [4.69, 9.17) is 9.47 Å². The Labute approximate surface area is 253 Å². The first-order valence-corrected chi connectivity index (χ1v) is 16.2. The molecule has 0 bridgehead atoms. The molecule has 0 aliphatic rings. The van der Waals surface area contributed by atoms with Crippen LogP contribution in [0.5, 0.6) is 11.5 Å². The third-order valence-corrected chi connectivity index (χ3v) is 7.76. The number of carbonyl (C=O) groups is 1. The van der Waals surface area contributed by atoms with Crippen molar-refractivity contribution in [2.75, 3.05) is 6.61 Å². The summed E-state index contributed by atoms with van der Waals surface area (Å²) in [7, 11) is 0. The van der Waals surface area contributed by atoms with Gasteiger partial charge in [0.25, 0.3) is 0 Å². The third-order valence-electron chi connectivity index (χ3n) is 7.76. The van der Waals surface area contributed by atoms with Gasteiger partial charge in [0.1, 0.15) is 11.5 Å². The largest absolute Gasteiger partial charge is 0.494 e. The van der Waals surface area contributed by atoms with Gasteiger partial charge in [0.05, 0.1) is 23.5 Å². The molecule has 0 N–H and O–H groups in total. The van der Waals surface area contributed by atoms with Crippen molar-refractivity contribution in [1.82, 2.24) is 0 Å². The molecule has 0 fully saturated rings. The molecule has 3 aromatic carbocycles. The van der Waals surface area contributed by atoms with Gasteiger partial charge in [-0.25, -0.2) is 4.79 Å². The lowest BCUT2D eigenvalue weighted by atomic mass is 9.99. The van der Waals surface area contributed by atoms with E-state index in [0.717, 1.165) is 24.3 Å². The van der Waals surface area contributed by atoms with Crippen molar-refractivity contribution >= 4 is 17.3 Å². The lowest BCUT2D eigenvalue weighted by Gasteiger charge is -2.08. The van der Waals surface area contributed by atoms with Gasteiger partial charge in [-0.3, -0.25) is 0 Å². The van der Waals surface area contributed by atoms with E-state index in [-0.39, 0.29) is 0 Å². The highest BCUT2D eigenvalue weighted by atomic mass is 16.5. The fraction of sp³-hybridized carbons (Fsp3) is 0.486. The van der Waals surface area contributed by atoms with Gasteiger partial charge in [-0.15, -0.1) is 0 Å². The maximum atomic E-state index is 12.6. The van der Waals surface area contributed by atoms with Gasteiger partial charge in [-0.05, 0) is 85.0 Å². The fourth-order valence-electron chi connectivity index (χ4n) is 4.79. The van der Waals surface area contributed by atoms with E-state index < -0.39 is 5.97 Å². The first-order valence-electron chi connectivity index (χ1n) is 16.2. The second-order valence-corrected chi connectivity index (χ2v) is 11.2. The smallest absolute Gasteiger partial charge is 0.343 e. The minimum atomic E-state index is -0.404. The summed E-state index contributed by atoms with van der Waals surface area (Å²) in [5.41, 5.74) is 3.28. The molecule has 226 valence electrons. The molecule has 42 heavy (non-hydrogen) atoms. The number of hydrogen-bond donors (Lipinski definition) is 0. The molecular weight excluding hydrogens is 520 g/mol. The molecule has 0 saturated carbocycles. The fourth-order valence-corrected chi connectivity index (χ4v) is 4.79. The maximum Gasteiger partial charge on any atom is 0.343 e. The predicted octanol–water partition coefficient (Wildman–Crippen LogP) is 11.9. The highest BCUT2D eigenvalue weighted by Gasteiger charge is 2.09. The molecule has 0 spiro atoms. The Morgan fingerprint density at radius 1 is 0.619 bits per heavy atom. The molecule has 1 atom stereocenters. The van der Waals surface area contributed by atoms with Crippen molar-refractivity contribution in [3.05, 3.63) is 83.9 Å². The van der Waals surface area contributed by atoms with E-state index in [0.29, 0.717) is 29.5 Å². The van der Waals surface area contributed by atoms with Crippen molar-refractivity contribution in [3.8, 4) is 11.5 Å². The molecule has 0 amide bonds. The Bertz CT molecular complexity index is 1170. The Balaban J connectivity index is 1.30. The van der Waals surface area contributed by atoms with E-state index in [1.54, 1.807) is 36.4 Å². The molecule has 0 aromatic heterocycles. The number of nitrogens with zero attached hydrogens (tertiary/aromatic N) is 2. The van der Waals surface area contributed by atoms with Crippen molar-refractivity contribution in [2.45, 2.75) is 110 Å². The van der Waals surface area contributed by atoms with Gasteiger partial charge in [0, 0.05) is 0 Å². The summed E-state index contributed by atoms with van der Waals surface area (Å²) in [5.74, 6) is 1.37. The normalized spacial score (nSPS) is 12.0. The topological polar surface area (TPSA) is 60.2 Å². The number of ether oxygens (including phenoxy) is 2. The standard InChI is InChI=1S/C37H50N2O3/c1-4-6-7-8-9-10-11-12-13-14-15-16-29-41-35-25-19-32(20-26-35)37(40)42-36-27-23-34(24-28-36)39-38-33-21-17-31(18-22-33)30(3)5-2/h17-28,30H,4-16,29H2,1-3H3/t30-/m0/s1. The molecular formula is C37H50N2O3. The molecule has 0 heterocycles. The SMILES string of the molecule is CCCCCCCCCCCCCCOc1ccc(C(=O)Oc2ccc(N=Nc3ccc([C@@H](C)CC)cc3)cc2)cc1. The van der Waals surface area contributed by atoms with Gasteiger partial charge in [-0.2, -0.15) is 10.2 Å². The lowest BCUT2D eigenvalue weighted by Crippen LogP contribution is -2.08. The molecule has 0 radical (unpaired) electrons. The van der Waals surface area contributed by atoms with E-state index in [2.05, 4.69) is 43.1 Å². The number of rotatable bonds is 20. The van der Waals surface area contributed by atoms with Gasteiger partial charge in [-0.1, -0.05) is 104 Å². The van der Waals surface area contributed by atoms with E-state index in [1.807, 2.05) is 24.3 Å². The highest BCUT2D eigenvalue weighted by Crippen LogP contribution is 2.25. The second kappa shape index (κ2) is 19.6. The van der Waals surface area contributed by atoms with Crippen LogP contribution in [0.3, 0.4) is 0 Å². The van der Waals surface area contributed by atoms with Crippen molar-refractivity contribution in [1.29, 1.82) is 0 Å². The van der Waals surface area contributed by atoms with Crippen LogP contribution in [-0.2, 0) is 0 Å². The zero-order valence-corrected chi connectivity index (χ0v) is 26.0. The van der Waals surface area contributed by atoms with E-state index in [9.17, 15) is 4.79 Å². The highest BCUT2D eigenvalue weighted by molar-refractivity contribution is 5.91. The summed E-state index contributed by atoms with van der Waals surface area (Å²) in [4.78, 5) is 12.6. The second-order valence-electron chi connectivity index (χ2n) is 11.2. The maximum absolute atomic E-state index is 12.6. The number of azo groups is 1. The summed E-state index contributed by atoms with van der Waals surface area (Å²) in [6.07, 6.45) is 17.0. The minimum Gasteiger partial charge on any atom is -0.494 e. The monoisotopic (exact) mass is 570 g/mol. The van der Waals surface area contributed by atoms with Crippen LogP contribution in [0.2, 0.25) is 0 Å². The van der Waals surface area contributed by atoms with Crippen LogP contribution < -0.4 is 9.47 Å². The minimum absolute atomic E-state index is 0.404. The number of unbranched alkanes of at least 4 members (excludes halogenated alkanes) is 11. The van der Waals surface area contributed by atoms with Crippen LogP contribution in [0.15, 0.2) is 83.0 Å². The van der Waals surface area contributed by atoms with Crippen LogP contribution >= 0.6 is 0 Å². The Morgan fingerprint density at radius 3 is 1.62 bits per heavy atom. The van der Waals surface area contributed by atoms with Crippen LogP contribution in [0.4, 0.5) is 11.4 Å².